The van der Waals surface area contributed by atoms with Crippen molar-refractivity contribution in [2.45, 2.75) is 23.6 Å². The van der Waals surface area contributed by atoms with Crippen molar-refractivity contribution in [2.75, 3.05) is 27.8 Å². The van der Waals surface area contributed by atoms with E-state index in [0.717, 1.165) is 20.9 Å². The van der Waals surface area contributed by atoms with E-state index < -0.39 is 0 Å². The van der Waals surface area contributed by atoms with Crippen LogP contribution in [0.5, 0.6) is 11.5 Å². The van der Waals surface area contributed by atoms with Crippen LogP contribution in [0.4, 0.5) is 0 Å². The molecule has 3 rings (SSSR count). The Morgan fingerprint density at radius 2 is 1.00 bits per heavy atom. The van der Waals surface area contributed by atoms with Crippen LogP contribution in [0.2, 0.25) is 0 Å². The van der Waals surface area contributed by atoms with Gasteiger partial charge in [0.2, 0.25) is 0 Å². The Bertz CT molecular complexity index is 1280. The average Bonchev–Trinajstić information content (AvgIpc) is 2.90. The van der Waals surface area contributed by atoms with Gasteiger partial charge in [-0.15, -0.1) is 0 Å². The van der Waals surface area contributed by atoms with Crippen molar-refractivity contribution in [2.24, 2.45) is 0 Å². The summed E-state index contributed by atoms with van der Waals surface area (Å²) in [5.74, 6) is 13.5. The first-order valence-electron chi connectivity index (χ1n) is 11.4. The standard InChI is InChI=1S/C30H26O6S2/c1-21(31)37-27-13-7-23(8-14-27)5-11-25-17-30(36-20-34-4)26(18-29(25)35-19-33-3)12-6-24-9-15-28(16-10-24)38-22(2)32/h7-10,13-18H,19-20H2,1-4H3. The number of ether oxygens (including phenoxy) is 4. The second-order valence-corrected chi connectivity index (χ2v) is 10.2. The number of methoxy groups -OCH3 is 2. The fraction of sp³-hybridized carbons (Fsp3) is 0.200. The fourth-order valence-corrected chi connectivity index (χ4v) is 4.27. The summed E-state index contributed by atoms with van der Waals surface area (Å²) < 4.78 is 21.8. The van der Waals surface area contributed by atoms with Gasteiger partial charge in [0.15, 0.2) is 23.8 Å². The third-order valence-electron chi connectivity index (χ3n) is 4.66. The molecule has 0 N–H and O–H groups in total. The molecule has 0 bridgehead atoms. The SMILES string of the molecule is COCOc1cc(C#Cc2ccc(SC(C)=O)cc2)c(OCOC)cc1C#Cc1ccc(SC(C)=O)cc1. The molecule has 6 nitrogen and oxygen atoms in total. The minimum atomic E-state index is 0.0274. The lowest BCUT2D eigenvalue weighted by Crippen LogP contribution is -2.04. The second-order valence-electron chi connectivity index (χ2n) is 7.68. The van der Waals surface area contributed by atoms with E-state index in [1.807, 2.05) is 48.5 Å². The Kier molecular flexibility index (Phi) is 11.4. The molecule has 0 heterocycles. The highest BCUT2D eigenvalue weighted by atomic mass is 32.2. The van der Waals surface area contributed by atoms with Gasteiger partial charge in [0.05, 0.1) is 11.1 Å². The first-order valence-corrected chi connectivity index (χ1v) is 13.0. The maximum Gasteiger partial charge on any atom is 0.190 e. The van der Waals surface area contributed by atoms with Gasteiger partial charge in [0.1, 0.15) is 11.5 Å². The molecule has 38 heavy (non-hydrogen) atoms. The van der Waals surface area contributed by atoms with Crippen molar-refractivity contribution >= 4 is 33.8 Å². The molecule has 0 aliphatic rings. The summed E-state index contributed by atoms with van der Waals surface area (Å²) in [7, 11) is 3.08. The monoisotopic (exact) mass is 546 g/mol. The quantitative estimate of drug-likeness (QED) is 0.202. The van der Waals surface area contributed by atoms with Gasteiger partial charge in [-0.05, 0) is 48.5 Å². The predicted octanol–water partition coefficient (Wildman–Crippen LogP) is 5.73. The minimum Gasteiger partial charge on any atom is -0.466 e. The topological polar surface area (TPSA) is 71.1 Å². The third kappa shape index (κ3) is 9.33. The van der Waals surface area contributed by atoms with Gasteiger partial charge < -0.3 is 18.9 Å². The lowest BCUT2D eigenvalue weighted by atomic mass is 10.1. The van der Waals surface area contributed by atoms with E-state index >= 15 is 0 Å². The third-order valence-corrected chi connectivity index (χ3v) is 6.25. The molecule has 8 heteroatoms. The molecule has 0 aliphatic heterocycles. The molecule has 3 aromatic carbocycles. The molecule has 3 aromatic rings. The van der Waals surface area contributed by atoms with Crippen molar-refractivity contribution in [3.63, 3.8) is 0 Å². The van der Waals surface area contributed by atoms with Crippen LogP contribution >= 0.6 is 23.5 Å². The van der Waals surface area contributed by atoms with Gasteiger partial charge in [-0.1, -0.05) is 47.2 Å². The second kappa shape index (κ2) is 14.9. The average molecular weight is 547 g/mol. The molecule has 0 amide bonds. The molecule has 0 fully saturated rings. The van der Waals surface area contributed by atoms with E-state index in [1.54, 1.807) is 12.1 Å². The molecule has 0 spiro atoms. The number of thioether (sulfide) groups is 2. The van der Waals surface area contributed by atoms with E-state index in [9.17, 15) is 9.59 Å². The van der Waals surface area contributed by atoms with E-state index in [-0.39, 0.29) is 23.8 Å². The van der Waals surface area contributed by atoms with E-state index in [0.29, 0.717) is 22.6 Å². The van der Waals surface area contributed by atoms with Crippen molar-refractivity contribution in [1.29, 1.82) is 0 Å². The fourth-order valence-electron chi connectivity index (χ4n) is 3.06. The van der Waals surface area contributed by atoms with Gasteiger partial charge in [0.25, 0.3) is 0 Å². The number of carbonyl (C=O) groups excluding carboxylic acids is 2. The highest BCUT2D eigenvalue weighted by molar-refractivity contribution is 8.13. The molecule has 0 radical (unpaired) electrons. The molecule has 0 aromatic heterocycles. The summed E-state index contributed by atoms with van der Waals surface area (Å²) in [5.41, 5.74) is 2.74. The predicted molar refractivity (Wildman–Crippen MR) is 149 cm³/mol. The van der Waals surface area contributed by atoms with Crippen LogP contribution in [0.25, 0.3) is 0 Å². The summed E-state index contributed by atoms with van der Waals surface area (Å²) >= 11 is 2.35. The minimum absolute atomic E-state index is 0.0274. The lowest BCUT2D eigenvalue weighted by molar-refractivity contribution is -0.109. The zero-order valence-electron chi connectivity index (χ0n) is 21.5. The lowest BCUT2D eigenvalue weighted by Gasteiger charge is -2.12. The normalized spacial score (nSPS) is 10.0. The van der Waals surface area contributed by atoms with Crippen LogP contribution in [0, 0.1) is 23.7 Å². The first kappa shape index (κ1) is 28.9. The largest absolute Gasteiger partial charge is 0.466 e. The number of rotatable bonds is 8. The Balaban J connectivity index is 1.95. The zero-order chi connectivity index (χ0) is 27.3. The number of benzene rings is 3. The number of carbonyl (C=O) groups is 2. The summed E-state index contributed by atoms with van der Waals surface area (Å²) in [5, 5.41) is 0.0547. The highest BCUT2D eigenvalue weighted by Gasteiger charge is 2.11. The van der Waals surface area contributed by atoms with Gasteiger partial charge in [-0.3, -0.25) is 9.59 Å². The maximum atomic E-state index is 11.3. The highest BCUT2D eigenvalue weighted by Crippen LogP contribution is 2.29. The molecular formula is C30H26O6S2. The first-order chi connectivity index (χ1) is 18.4. The van der Waals surface area contributed by atoms with Crippen molar-refractivity contribution in [1.82, 2.24) is 0 Å². The van der Waals surface area contributed by atoms with Crippen molar-refractivity contribution in [3.8, 4) is 35.2 Å². The van der Waals surface area contributed by atoms with Crippen LogP contribution in [0.1, 0.15) is 36.1 Å². The van der Waals surface area contributed by atoms with Crippen molar-refractivity contribution in [3.05, 3.63) is 82.9 Å². The summed E-state index contributed by atoms with van der Waals surface area (Å²) in [4.78, 5) is 24.3. The molecule has 0 saturated carbocycles. The van der Waals surface area contributed by atoms with Gasteiger partial charge in [-0.25, -0.2) is 0 Å². The molecular weight excluding hydrogens is 520 g/mol. The molecule has 0 unspecified atom stereocenters. The van der Waals surface area contributed by atoms with Gasteiger partial charge >= 0.3 is 0 Å². The summed E-state index contributed by atoms with van der Waals surface area (Å²) in [6.45, 7) is 3.13. The summed E-state index contributed by atoms with van der Waals surface area (Å²) in [6.07, 6.45) is 0. The van der Waals surface area contributed by atoms with E-state index in [4.69, 9.17) is 18.9 Å². The Labute approximate surface area is 231 Å². The molecule has 0 saturated heterocycles. The molecule has 194 valence electrons. The zero-order valence-corrected chi connectivity index (χ0v) is 23.1. The van der Waals surface area contributed by atoms with Crippen LogP contribution in [0.15, 0.2) is 70.5 Å². The Morgan fingerprint density at radius 3 is 1.32 bits per heavy atom. The van der Waals surface area contributed by atoms with E-state index in [1.165, 1.54) is 51.6 Å². The van der Waals surface area contributed by atoms with Crippen LogP contribution < -0.4 is 9.47 Å². The Morgan fingerprint density at radius 1 is 0.632 bits per heavy atom. The maximum absolute atomic E-state index is 11.3. The van der Waals surface area contributed by atoms with Crippen LogP contribution in [-0.2, 0) is 19.1 Å². The molecule has 0 atom stereocenters. The smallest absolute Gasteiger partial charge is 0.190 e. The van der Waals surface area contributed by atoms with Gasteiger partial charge in [-0.2, -0.15) is 0 Å². The van der Waals surface area contributed by atoms with Gasteiger partial charge in [0, 0.05) is 61.1 Å². The summed E-state index contributed by atoms with van der Waals surface area (Å²) in [6, 6.07) is 18.4. The van der Waals surface area contributed by atoms with Crippen LogP contribution in [-0.4, -0.2) is 38.0 Å². The van der Waals surface area contributed by atoms with E-state index in [2.05, 4.69) is 23.7 Å². The Hall–Kier alpha value is -3.66. The molecule has 0 aliphatic carbocycles. The number of hydrogen-bond acceptors (Lipinski definition) is 8. The number of hydrogen-bond donors (Lipinski definition) is 0. The van der Waals surface area contributed by atoms with Crippen molar-refractivity contribution < 1.29 is 28.5 Å². The van der Waals surface area contributed by atoms with Crippen LogP contribution in [0.3, 0.4) is 0 Å².